The van der Waals surface area contributed by atoms with Gasteiger partial charge in [-0.3, -0.25) is 0 Å². The summed E-state index contributed by atoms with van der Waals surface area (Å²) in [7, 11) is 3.32. The van der Waals surface area contributed by atoms with Crippen LogP contribution in [0.1, 0.15) is 16.7 Å². The molecule has 3 aromatic rings. The first-order chi connectivity index (χ1) is 14.3. The SMILES string of the molecule is COc1ccc(COC=CCc2cccc(OCc3ccc(OC)cc3)c2)cc1. The molecule has 4 heteroatoms. The molecule has 4 nitrogen and oxygen atoms in total. The summed E-state index contributed by atoms with van der Waals surface area (Å²) in [6.45, 7) is 1.06. The lowest BCUT2D eigenvalue weighted by atomic mass is 10.1. The maximum Gasteiger partial charge on any atom is 0.120 e. The molecule has 0 saturated carbocycles. The molecular formula is C25H26O4. The number of ether oxygens (including phenoxy) is 4. The monoisotopic (exact) mass is 390 g/mol. The fourth-order valence-electron chi connectivity index (χ4n) is 2.77. The van der Waals surface area contributed by atoms with Crippen LogP contribution < -0.4 is 14.2 Å². The standard InChI is InChI=1S/C25H26O4/c1-26-23-12-8-21(9-13-23)18-28-16-4-6-20-5-3-7-25(17-20)29-19-22-10-14-24(27-2)15-11-22/h3-5,7-17H,6,18-19H2,1-2H3. The van der Waals surface area contributed by atoms with Gasteiger partial charge in [-0.05, 0) is 65.6 Å². The third-order valence-corrected chi connectivity index (χ3v) is 4.42. The van der Waals surface area contributed by atoms with Crippen molar-refractivity contribution >= 4 is 0 Å². The summed E-state index contributed by atoms with van der Waals surface area (Å²) in [6, 6.07) is 23.8. The number of methoxy groups -OCH3 is 2. The van der Waals surface area contributed by atoms with Gasteiger partial charge >= 0.3 is 0 Å². The number of hydrogen-bond acceptors (Lipinski definition) is 4. The molecule has 150 valence electrons. The zero-order chi connectivity index (χ0) is 20.3. The molecule has 29 heavy (non-hydrogen) atoms. The second kappa shape index (κ2) is 10.8. The minimum atomic E-state index is 0.522. The van der Waals surface area contributed by atoms with Gasteiger partial charge in [0.25, 0.3) is 0 Å². The van der Waals surface area contributed by atoms with E-state index in [0.717, 1.165) is 34.8 Å². The zero-order valence-corrected chi connectivity index (χ0v) is 16.8. The van der Waals surface area contributed by atoms with E-state index in [2.05, 4.69) is 12.1 Å². The van der Waals surface area contributed by atoms with Crippen molar-refractivity contribution < 1.29 is 18.9 Å². The van der Waals surface area contributed by atoms with Gasteiger partial charge in [0.2, 0.25) is 0 Å². The molecule has 0 aliphatic heterocycles. The first-order valence-electron chi connectivity index (χ1n) is 9.51. The van der Waals surface area contributed by atoms with Crippen molar-refractivity contribution in [2.24, 2.45) is 0 Å². The Bertz CT molecular complexity index is 899. The highest BCUT2D eigenvalue weighted by Gasteiger charge is 1.99. The van der Waals surface area contributed by atoms with E-state index in [1.165, 1.54) is 5.56 Å². The van der Waals surface area contributed by atoms with E-state index in [1.54, 1.807) is 20.5 Å². The van der Waals surface area contributed by atoms with Crippen molar-refractivity contribution in [1.29, 1.82) is 0 Å². The van der Waals surface area contributed by atoms with Crippen molar-refractivity contribution in [3.8, 4) is 17.2 Å². The van der Waals surface area contributed by atoms with Crippen LogP contribution in [0.3, 0.4) is 0 Å². The van der Waals surface area contributed by atoms with Crippen molar-refractivity contribution in [2.75, 3.05) is 14.2 Å². The molecule has 0 amide bonds. The second-order valence-corrected chi connectivity index (χ2v) is 6.52. The average molecular weight is 390 g/mol. The molecule has 0 radical (unpaired) electrons. The maximum absolute atomic E-state index is 5.90. The van der Waals surface area contributed by atoms with E-state index < -0.39 is 0 Å². The molecule has 3 rings (SSSR count). The predicted octanol–water partition coefficient (Wildman–Crippen LogP) is 5.56. The smallest absolute Gasteiger partial charge is 0.120 e. The molecule has 0 bridgehead atoms. The van der Waals surface area contributed by atoms with E-state index in [-0.39, 0.29) is 0 Å². The van der Waals surface area contributed by atoms with Gasteiger partial charge in [-0.1, -0.05) is 36.4 Å². The van der Waals surface area contributed by atoms with Crippen LogP contribution in [0.4, 0.5) is 0 Å². The van der Waals surface area contributed by atoms with Gasteiger partial charge in [-0.25, -0.2) is 0 Å². The molecule has 0 heterocycles. The lowest BCUT2D eigenvalue weighted by Crippen LogP contribution is -1.96. The summed E-state index contributed by atoms with van der Waals surface area (Å²) in [4.78, 5) is 0. The summed E-state index contributed by atoms with van der Waals surface area (Å²) < 4.78 is 21.8. The minimum absolute atomic E-state index is 0.522. The number of rotatable bonds is 10. The Morgan fingerprint density at radius 3 is 1.90 bits per heavy atom. The Hall–Kier alpha value is -3.40. The Morgan fingerprint density at radius 1 is 0.655 bits per heavy atom. The van der Waals surface area contributed by atoms with Crippen molar-refractivity contribution in [3.63, 3.8) is 0 Å². The molecular weight excluding hydrogens is 364 g/mol. The highest BCUT2D eigenvalue weighted by molar-refractivity contribution is 5.31. The van der Waals surface area contributed by atoms with Crippen LogP contribution in [-0.2, 0) is 24.4 Å². The molecule has 0 aliphatic carbocycles. The van der Waals surface area contributed by atoms with E-state index in [9.17, 15) is 0 Å². The fraction of sp³-hybridized carbons (Fsp3) is 0.200. The highest BCUT2D eigenvalue weighted by atomic mass is 16.5. The Balaban J connectivity index is 1.44. The van der Waals surface area contributed by atoms with E-state index in [4.69, 9.17) is 18.9 Å². The van der Waals surface area contributed by atoms with Gasteiger partial charge in [-0.2, -0.15) is 0 Å². The van der Waals surface area contributed by atoms with Gasteiger partial charge in [0.15, 0.2) is 0 Å². The van der Waals surface area contributed by atoms with E-state index in [1.807, 2.05) is 66.7 Å². The number of allylic oxidation sites excluding steroid dienone is 1. The van der Waals surface area contributed by atoms with Gasteiger partial charge < -0.3 is 18.9 Å². The Morgan fingerprint density at radius 2 is 1.28 bits per heavy atom. The zero-order valence-electron chi connectivity index (χ0n) is 16.8. The molecule has 0 fully saturated rings. The van der Waals surface area contributed by atoms with Gasteiger partial charge in [-0.15, -0.1) is 0 Å². The first kappa shape index (κ1) is 20.3. The highest BCUT2D eigenvalue weighted by Crippen LogP contribution is 2.18. The molecule has 0 spiro atoms. The lowest BCUT2D eigenvalue weighted by molar-refractivity contribution is 0.235. The quantitative estimate of drug-likeness (QED) is 0.425. The van der Waals surface area contributed by atoms with E-state index in [0.29, 0.717) is 13.2 Å². The average Bonchev–Trinajstić information content (AvgIpc) is 2.78. The summed E-state index contributed by atoms with van der Waals surface area (Å²) in [6.07, 6.45) is 4.53. The van der Waals surface area contributed by atoms with Crippen LogP contribution in [0, 0.1) is 0 Å². The number of benzene rings is 3. The van der Waals surface area contributed by atoms with Crippen molar-refractivity contribution in [3.05, 3.63) is 102 Å². The maximum atomic E-state index is 5.90. The third kappa shape index (κ3) is 6.61. The number of hydrogen-bond donors (Lipinski definition) is 0. The van der Waals surface area contributed by atoms with E-state index >= 15 is 0 Å². The van der Waals surface area contributed by atoms with Crippen LogP contribution in [0.15, 0.2) is 85.1 Å². The minimum Gasteiger partial charge on any atom is -0.497 e. The van der Waals surface area contributed by atoms with Crippen molar-refractivity contribution in [2.45, 2.75) is 19.6 Å². The van der Waals surface area contributed by atoms with Crippen molar-refractivity contribution in [1.82, 2.24) is 0 Å². The van der Waals surface area contributed by atoms with Crippen LogP contribution in [0.2, 0.25) is 0 Å². The first-order valence-corrected chi connectivity index (χ1v) is 9.51. The van der Waals surface area contributed by atoms with Gasteiger partial charge in [0.05, 0.1) is 20.5 Å². The molecule has 0 aromatic heterocycles. The summed E-state index contributed by atoms with van der Waals surface area (Å²) in [5, 5.41) is 0. The molecule has 3 aromatic carbocycles. The Kier molecular flexibility index (Phi) is 7.58. The van der Waals surface area contributed by atoms with Crippen LogP contribution >= 0.6 is 0 Å². The summed E-state index contributed by atoms with van der Waals surface area (Å²) in [5.74, 6) is 2.54. The molecule has 0 atom stereocenters. The Labute approximate surface area is 172 Å². The second-order valence-electron chi connectivity index (χ2n) is 6.52. The molecule has 0 unspecified atom stereocenters. The molecule has 0 aliphatic rings. The largest absolute Gasteiger partial charge is 0.497 e. The van der Waals surface area contributed by atoms with Gasteiger partial charge in [0.1, 0.15) is 30.5 Å². The van der Waals surface area contributed by atoms with Crippen LogP contribution in [-0.4, -0.2) is 14.2 Å². The summed E-state index contributed by atoms with van der Waals surface area (Å²) >= 11 is 0. The topological polar surface area (TPSA) is 36.9 Å². The molecule has 0 N–H and O–H groups in total. The van der Waals surface area contributed by atoms with Crippen LogP contribution in [0.5, 0.6) is 17.2 Å². The lowest BCUT2D eigenvalue weighted by Gasteiger charge is -2.08. The third-order valence-electron chi connectivity index (χ3n) is 4.42. The predicted molar refractivity (Wildman–Crippen MR) is 114 cm³/mol. The van der Waals surface area contributed by atoms with Crippen LogP contribution in [0.25, 0.3) is 0 Å². The summed E-state index contributed by atoms with van der Waals surface area (Å²) in [5.41, 5.74) is 3.37. The van der Waals surface area contributed by atoms with Gasteiger partial charge in [0, 0.05) is 0 Å². The fourth-order valence-corrected chi connectivity index (χ4v) is 2.77. The molecule has 0 saturated heterocycles. The normalized spacial score (nSPS) is 10.7.